The van der Waals surface area contributed by atoms with Crippen molar-refractivity contribution in [2.75, 3.05) is 0 Å². The fraction of sp³-hybridized carbons (Fsp3) is 0. The second-order valence-electron chi connectivity index (χ2n) is 5.06. The van der Waals surface area contributed by atoms with Gasteiger partial charge in [0.2, 0.25) is 0 Å². The lowest BCUT2D eigenvalue weighted by Crippen LogP contribution is -2.42. The molecule has 23 heavy (non-hydrogen) atoms. The van der Waals surface area contributed by atoms with Gasteiger partial charge in [-0.05, 0) is 29.8 Å². The smallest absolute Gasteiger partial charge is 0.522 e. The van der Waals surface area contributed by atoms with Crippen LogP contribution in [0.15, 0.2) is 91.5 Å². The Morgan fingerprint density at radius 1 is 0.652 bits per heavy atom. The van der Waals surface area contributed by atoms with Gasteiger partial charge >= 0.3 is 7.12 Å². The van der Waals surface area contributed by atoms with Crippen LogP contribution in [0.5, 0.6) is 11.5 Å². The molecule has 3 heteroatoms. The van der Waals surface area contributed by atoms with Gasteiger partial charge in [-0.1, -0.05) is 73.3 Å². The third-order valence-electron chi connectivity index (χ3n) is 3.42. The molecule has 0 bridgehead atoms. The van der Waals surface area contributed by atoms with Crippen molar-refractivity contribution in [2.24, 2.45) is 0 Å². The molecule has 0 radical (unpaired) electrons. The van der Waals surface area contributed by atoms with E-state index in [0.29, 0.717) is 0 Å². The Labute approximate surface area is 137 Å². The summed E-state index contributed by atoms with van der Waals surface area (Å²) in [6.07, 6.45) is 1.81. The third-order valence-corrected chi connectivity index (χ3v) is 3.42. The summed E-state index contributed by atoms with van der Waals surface area (Å²) >= 11 is 0. The van der Waals surface area contributed by atoms with E-state index >= 15 is 0 Å². The quantitative estimate of drug-likeness (QED) is 0.636. The molecule has 3 aromatic rings. The SMILES string of the molecule is C=Cc1ccc(B(Oc2ccccc2)Oc2ccccc2)cc1. The average molecular weight is 300 g/mol. The van der Waals surface area contributed by atoms with Crippen LogP contribution in [0.25, 0.3) is 6.08 Å². The molecule has 2 nitrogen and oxygen atoms in total. The molecular weight excluding hydrogens is 283 g/mol. The Hall–Kier alpha value is -2.94. The van der Waals surface area contributed by atoms with E-state index in [1.165, 1.54) is 0 Å². The second kappa shape index (κ2) is 7.36. The van der Waals surface area contributed by atoms with Crippen LogP contribution >= 0.6 is 0 Å². The van der Waals surface area contributed by atoms with E-state index < -0.39 is 7.12 Å². The summed E-state index contributed by atoms with van der Waals surface area (Å²) in [5.41, 5.74) is 2.01. The first-order valence-electron chi connectivity index (χ1n) is 7.51. The largest absolute Gasteiger partial charge is 0.632 e. The fourth-order valence-corrected chi connectivity index (χ4v) is 2.19. The van der Waals surface area contributed by atoms with Crippen LogP contribution in [0.1, 0.15) is 5.56 Å². The maximum Gasteiger partial charge on any atom is 0.632 e. The van der Waals surface area contributed by atoms with E-state index in [1.807, 2.05) is 91.0 Å². The Bertz CT molecular complexity index is 698. The van der Waals surface area contributed by atoms with E-state index in [2.05, 4.69) is 6.58 Å². The number of rotatable bonds is 6. The van der Waals surface area contributed by atoms with Gasteiger partial charge in [0.25, 0.3) is 0 Å². The van der Waals surface area contributed by atoms with Crippen molar-refractivity contribution >= 4 is 18.7 Å². The second-order valence-corrected chi connectivity index (χ2v) is 5.06. The summed E-state index contributed by atoms with van der Waals surface area (Å²) in [7, 11) is -0.515. The van der Waals surface area contributed by atoms with Crippen LogP contribution in [0, 0.1) is 0 Å². The molecule has 0 saturated carbocycles. The topological polar surface area (TPSA) is 18.5 Å². The molecule has 0 aliphatic carbocycles. The zero-order valence-electron chi connectivity index (χ0n) is 12.8. The van der Waals surface area contributed by atoms with Gasteiger partial charge in [-0.25, -0.2) is 0 Å². The zero-order valence-corrected chi connectivity index (χ0v) is 12.8. The number of hydrogen-bond acceptors (Lipinski definition) is 2. The number of hydrogen-bond donors (Lipinski definition) is 0. The minimum Gasteiger partial charge on any atom is -0.522 e. The minimum absolute atomic E-state index is 0.515. The van der Waals surface area contributed by atoms with Gasteiger partial charge in [0.05, 0.1) is 0 Å². The predicted molar refractivity (Wildman–Crippen MR) is 96.1 cm³/mol. The van der Waals surface area contributed by atoms with Gasteiger partial charge in [0.15, 0.2) is 0 Å². The molecule has 3 rings (SSSR count). The molecule has 0 aliphatic rings. The molecule has 3 aromatic carbocycles. The van der Waals surface area contributed by atoms with E-state index in [1.54, 1.807) is 0 Å². The highest BCUT2D eigenvalue weighted by Crippen LogP contribution is 2.14. The van der Waals surface area contributed by atoms with Crippen molar-refractivity contribution < 1.29 is 9.31 Å². The van der Waals surface area contributed by atoms with Crippen LogP contribution in [-0.2, 0) is 0 Å². The summed E-state index contributed by atoms with van der Waals surface area (Å²) in [6, 6.07) is 27.3. The van der Waals surface area contributed by atoms with Crippen LogP contribution in [0.2, 0.25) is 0 Å². The van der Waals surface area contributed by atoms with Crippen molar-refractivity contribution in [1.29, 1.82) is 0 Å². The highest BCUT2D eigenvalue weighted by molar-refractivity contribution is 6.62. The predicted octanol–water partition coefficient (Wildman–Crippen LogP) is 4.18. The van der Waals surface area contributed by atoms with Crippen LogP contribution in [0.4, 0.5) is 0 Å². The minimum atomic E-state index is -0.515. The highest BCUT2D eigenvalue weighted by atomic mass is 16.6. The molecule has 0 saturated heterocycles. The van der Waals surface area contributed by atoms with E-state index in [9.17, 15) is 0 Å². The molecule has 0 unspecified atom stereocenters. The summed E-state index contributed by atoms with van der Waals surface area (Å²) in [5, 5.41) is 0. The van der Waals surface area contributed by atoms with Gasteiger partial charge in [0.1, 0.15) is 11.5 Å². The Morgan fingerprint density at radius 2 is 1.13 bits per heavy atom. The van der Waals surface area contributed by atoms with Crippen LogP contribution in [-0.4, -0.2) is 7.12 Å². The van der Waals surface area contributed by atoms with Crippen LogP contribution in [0.3, 0.4) is 0 Å². The zero-order chi connectivity index (χ0) is 15.9. The summed E-state index contributed by atoms with van der Waals surface area (Å²) < 4.78 is 12.1. The lowest BCUT2D eigenvalue weighted by molar-refractivity contribution is 0.439. The first-order chi connectivity index (χ1) is 11.3. The normalized spacial score (nSPS) is 9.91. The average Bonchev–Trinajstić information content (AvgIpc) is 2.63. The number of benzene rings is 3. The van der Waals surface area contributed by atoms with Crippen LogP contribution < -0.4 is 14.8 Å². The van der Waals surface area contributed by atoms with Crippen molar-refractivity contribution in [1.82, 2.24) is 0 Å². The maximum absolute atomic E-state index is 6.03. The third kappa shape index (κ3) is 4.04. The molecular formula is C20H17BO2. The molecule has 0 atom stereocenters. The Kier molecular flexibility index (Phi) is 4.80. The summed E-state index contributed by atoms with van der Waals surface area (Å²) in [6.45, 7) is 3.78. The summed E-state index contributed by atoms with van der Waals surface area (Å²) in [5.74, 6) is 1.53. The van der Waals surface area contributed by atoms with Crippen molar-refractivity contribution in [3.63, 3.8) is 0 Å². The molecule has 0 heterocycles. The van der Waals surface area contributed by atoms with Gasteiger partial charge in [-0.3, -0.25) is 0 Å². The molecule has 0 aliphatic heterocycles. The first kappa shape index (κ1) is 15.0. The lowest BCUT2D eigenvalue weighted by Gasteiger charge is -2.17. The van der Waals surface area contributed by atoms with Crippen molar-refractivity contribution in [2.45, 2.75) is 0 Å². The summed E-state index contributed by atoms with van der Waals surface area (Å²) in [4.78, 5) is 0. The molecule has 0 fully saturated rings. The molecule has 0 aromatic heterocycles. The van der Waals surface area contributed by atoms with Gasteiger partial charge in [-0.15, -0.1) is 0 Å². The fourth-order valence-electron chi connectivity index (χ4n) is 2.19. The van der Waals surface area contributed by atoms with Gasteiger partial charge in [-0.2, -0.15) is 0 Å². The Balaban J connectivity index is 1.86. The first-order valence-corrected chi connectivity index (χ1v) is 7.51. The maximum atomic E-state index is 6.03. The van der Waals surface area contributed by atoms with Gasteiger partial charge < -0.3 is 9.31 Å². The molecule has 0 amide bonds. The molecule has 112 valence electrons. The van der Waals surface area contributed by atoms with E-state index in [0.717, 1.165) is 22.5 Å². The highest BCUT2D eigenvalue weighted by Gasteiger charge is 2.26. The number of para-hydroxylation sites is 2. The Morgan fingerprint density at radius 3 is 1.57 bits per heavy atom. The lowest BCUT2D eigenvalue weighted by atomic mass is 9.78. The van der Waals surface area contributed by atoms with E-state index in [-0.39, 0.29) is 0 Å². The van der Waals surface area contributed by atoms with Gasteiger partial charge in [0, 0.05) is 5.46 Å². The standard InChI is InChI=1S/C20H17BO2/c1-2-17-13-15-18(16-14-17)21(22-19-9-5-3-6-10-19)23-20-11-7-4-8-12-20/h2-16H,1H2. The molecule has 0 N–H and O–H groups in total. The molecule has 0 spiro atoms. The van der Waals surface area contributed by atoms with Crippen molar-refractivity contribution in [3.8, 4) is 11.5 Å². The van der Waals surface area contributed by atoms with Crippen molar-refractivity contribution in [3.05, 3.63) is 97.1 Å². The van der Waals surface area contributed by atoms with E-state index in [4.69, 9.17) is 9.31 Å². The monoisotopic (exact) mass is 300 g/mol.